The summed E-state index contributed by atoms with van der Waals surface area (Å²) in [6.07, 6.45) is -4.62. The summed E-state index contributed by atoms with van der Waals surface area (Å²) >= 11 is 6.03. The predicted octanol–water partition coefficient (Wildman–Crippen LogP) is 4.18. The van der Waals surface area contributed by atoms with E-state index in [9.17, 15) is 21.6 Å². The van der Waals surface area contributed by atoms with Crippen molar-refractivity contribution in [2.75, 3.05) is 6.54 Å². The molecule has 37 heavy (non-hydrogen) atoms. The number of guanidine groups is 2. The number of benzene rings is 3. The Kier molecular flexibility index (Phi) is 7.23. The summed E-state index contributed by atoms with van der Waals surface area (Å²) in [5.74, 6) is -1.23. The second-order valence-electron chi connectivity index (χ2n) is 7.96. The first-order valence-electron chi connectivity index (χ1n) is 10.7. The van der Waals surface area contributed by atoms with Gasteiger partial charge in [-0.3, -0.25) is 0 Å². The van der Waals surface area contributed by atoms with E-state index >= 15 is 0 Å². The van der Waals surface area contributed by atoms with E-state index in [1.807, 2.05) is 30.3 Å². The first-order valence-corrected chi connectivity index (χ1v) is 12.5. The fourth-order valence-electron chi connectivity index (χ4n) is 3.67. The minimum absolute atomic E-state index is 0.139. The molecular formula is C24H20ClF3N6O2S. The fourth-order valence-corrected chi connectivity index (χ4v) is 4.73. The van der Waals surface area contributed by atoms with Crippen LogP contribution in [0.5, 0.6) is 0 Å². The van der Waals surface area contributed by atoms with Crippen LogP contribution in [0.15, 0.2) is 98.2 Å². The highest BCUT2D eigenvalue weighted by molar-refractivity contribution is 7.90. The molecule has 1 aliphatic heterocycles. The number of aliphatic imine (C=N–C) groups is 1. The van der Waals surface area contributed by atoms with Crippen molar-refractivity contribution in [3.63, 3.8) is 0 Å². The minimum atomic E-state index is -4.62. The largest absolute Gasteiger partial charge is 0.416 e. The smallest absolute Gasteiger partial charge is 0.370 e. The number of hydrogen-bond donors (Lipinski definition) is 2. The highest BCUT2D eigenvalue weighted by Crippen LogP contribution is 2.32. The van der Waals surface area contributed by atoms with E-state index in [4.69, 9.17) is 23.1 Å². The van der Waals surface area contributed by atoms with Gasteiger partial charge in [-0.2, -0.15) is 31.7 Å². The summed E-state index contributed by atoms with van der Waals surface area (Å²) in [6, 6.07) is 19.3. The molecule has 3 aromatic carbocycles. The Balaban J connectivity index is 1.77. The molecule has 0 saturated heterocycles. The average Bonchev–Trinajstić information content (AvgIpc) is 3.29. The van der Waals surface area contributed by atoms with Crippen LogP contribution in [0.1, 0.15) is 22.6 Å². The van der Waals surface area contributed by atoms with Crippen molar-refractivity contribution in [2.45, 2.75) is 17.0 Å². The van der Waals surface area contributed by atoms with Crippen LogP contribution in [-0.2, 0) is 16.2 Å². The Bertz CT molecular complexity index is 1470. The van der Waals surface area contributed by atoms with Gasteiger partial charge in [-0.05, 0) is 47.5 Å². The Morgan fingerprint density at radius 1 is 0.973 bits per heavy atom. The van der Waals surface area contributed by atoms with Crippen molar-refractivity contribution in [1.29, 1.82) is 0 Å². The van der Waals surface area contributed by atoms with E-state index in [0.717, 1.165) is 23.3 Å². The van der Waals surface area contributed by atoms with Crippen LogP contribution >= 0.6 is 11.6 Å². The lowest BCUT2D eigenvalue weighted by atomic mass is 9.91. The van der Waals surface area contributed by atoms with E-state index in [1.54, 1.807) is 24.3 Å². The molecule has 0 saturated carbocycles. The van der Waals surface area contributed by atoms with Crippen molar-refractivity contribution in [3.8, 4) is 0 Å². The summed E-state index contributed by atoms with van der Waals surface area (Å²) < 4.78 is 68.4. The lowest BCUT2D eigenvalue weighted by Crippen LogP contribution is -2.31. The van der Waals surface area contributed by atoms with Crippen molar-refractivity contribution >= 4 is 39.3 Å². The summed E-state index contributed by atoms with van der Waals surface area (Å²) in [5, 5.41) is 6.34. The molecule has 0 fully saturated rings. The van der Waals surface area contributed by atoms with Gasteiger partial charge in [0.25, 0.3) is 16.0 Å². The third kappa shape index (κ3) is 6.09. The van der Waals surface area contributed by atoms with Gasteiger partial charge in [0.1, 0.15) is 0 Å². The highest BCUT2D eigenvalue weighted by atomic mass is 35.5. The van der Waals surface area contributed by atoms with E-state index in [0.29, 0.717) is 22.9 Å². The lowest BCUT2D eigenvalue weighted by molar-refractivity contribution is -0.137. The van der Waals surface area contributed by atoms with Crippen LogP contribution in [0.3, 0.4) is 0 Å². The second-order valence-corrected chi connectivity index (χ2v) is 10.0. The molecule has 4 N–H and O–H groups in total. The molecule has 1 heterocycles. The summed E-state index contributed by atoms with van der Waals surface area (Å²) in [5.41, 5.74) is 12.3. The van der Waals surface area contributed by atoms with Gasteiger partial charge < -0.3 is 11.5 Å². The number of hydrazone groups is 1. The van der Waals surface area contributed by atoms with Crippen LogP contribution in [0, 0.1) is 0 Å². The van der Waals surface area contributed by atoms with Crippen molar-refractivity contribution < 1.29 is 21.6 Å². The third-order valence-electron chi connectivity index (χ3n) is 5.40. The molecule has 0 unspecified atom stereocenters. The van der Waals surface area contributed by atoms with Crippen molar-refractivity contribution in [1.82, 2.24) is 5.01 Å². The molecule has 1 aliphatic rings. The molecule has 0 radical (unpaired) electrons. The minimum Gasteiger partial charge on any atom is -0.370 e. The third-order valence-corrected chi connectivity index (χ3v) is 6.92. The van der Waals surface area contributed by atoms with Crippen molar-refractivity contribution in [3.05, 3.63) is 101 Å². The van der Waals surface area contributed by atoms with Gasteiger partial charge in [0.05, 0.1) is 22.7 Å². The highest BCUT2D eigenvalue weighted by Gasteiger charge is 2.33. The number of hydrogen-bond acceptors (Lipinski definition) is 3. The first kappa shape index (κ1) is 26.2. The maximum Gasteiger partial charge on any atom is 0.416 e. The van der Waals surface area contributed by atoms with Crippen LogP contribution in [0.25, 0.3) is 0 Å². The number of alkyl halides is 3. The summed E-state index contributed by atoms with van der Waals surface area (Å²) in [6.45, 7) is 0.139. The molecular weight excluding hydrogens is 529 g/mol. The molecule has 4 rings (SSSR count). The van der Waals surface area contributed by atoms with Gasteiger partial charge in [-0.25, -0.2) is 5.01 Å². The number of sulfonamides is 1. The van der Waals surface area contributed by atoms with E-state index in [1.165, 1.54) is 5.01 Å². The molecule has 13 heteroatoms. The van der Waals surface area contributed by atoms with E-state index in [2.05, 4.69) is 14.5 Å². The zero-order chi connectivity index (χ0) is 26.8. The summed E-state index contributed by atoms with van der Waals surface area (Å²) in [4.78, 5) is 3.39. The second kappa shape index (κ2) is 10.2. The van der Waals surface area contributed by atoms with Gasteiger partial charge in [0.2, 0.25) is 0 Å². The quantitative estimate of drug-likeness (QED) is 0.373. The average molecular weight is 549 g/mol. The van der Waals surface area contributed by atoms with Crippen LogP contribution in [0.4, 0.5) is 13.2 Å². The zero-order valence-electron chi connectivity index (χ0n) is 19.0. The standard InChI is InChI=1S/C24H20ClF3N6O2S/c25-18-10-6-16(7-11-18)21-20(15-4-2-1-3-5-15)14-34(32-21)23(31-22(29)30)33-37(35,36)19-12-8-17(9-13-19)24(26,27)28/h1-13,20H,14H2,(H4,29,30,31,33)/t20-/m1/s1. The number of rotatable bonds is 4. The van der Waals surface area contributed by atoms with Gasteiger partial charge in [-0.15, -0.1) is 4.40 Å². The molecule has 0 aliphatic carbocycles. The van der Waals surface area contributed by atoms with E-state index < -0.39 is 38.6 Å². The van der Waals surface area contributed by atoms with Crippen molar-refractivity contribution in [2.24, 2.45) is 26.0 Å². The number of nitrogens with two attached hydrogens (primary N) is 2. The first-order chi connectivity index (χ1) is 17.4. The van der Waals surface area contributed by atoms with Gasteiger partial charge in [0, 0.05) is 10.9 Å². The molecule has 8 nitrogen and oxygen atoms in total. The molecule has 1 atom stereocenters. The van der Waals surface area contributed by atoms with Crippen LogP contribution in [0.2, 0.25) is 5.02 Å². The molecule has 0 aromatic heterocycles. The predicted molar refractivity (Wildman–Crippen MR) is 136 cm³/mol. The van der Waals surface area contributed by atoms with Crippen LogP contribution in [-0.4, -0.2) is 37.6 Å². The SMILES string of the molecule is NC(N)=N/C(=N/S(=O)(=O)c1ccc(C(F)(F)F)cc1)N1C[C@H](c2ccccc2)C(c2ccc(Cl)cc2)=N1. The fraction of sp³-hybridized carbons (Fsp3) is 0.125. The number of halogens is 4. The van der Waals surface area contributed by atoms with Gasteiger partial charge in [0.15, 0.2) is 5.96 Å². The molecule has 0 bridgehead atoms. The topological polar surface area (TPSA) is 126 Å². The lowest BCUT2D eigenvalue weighted by Gasteiger charge is -2.16. The zero-order valence-corrected chi connectivity index (χ0v) is 20.5. The Morgan fingerprint density at radius 3 is 2.16 bits per heavy atom. The Hall–Kier alpha value is -3.90. The molecule has 0 amide bonds. The molecule has 0 spiro atoms. The Labute approximate surface area is 215 Å². The molecule has 192 valence electrons. The van der Waals surface area contributed by atoms with Crippen LogP contribution < -0.4 is 11.5 Å². The Morgan fingerprint density at radius 2 is 1.59 bits per heavy atom. The summed E-state index contributed by atoms with van der Waals surface area (Å²) in [7, 11) is -4.50. The normalized spacial score (nSPS) is 16.4. The van der Waals surface area contributed by atoms with Gasteiger partial charge in [-0.1, -0.05) is 54.1 Å². The maximum absolute atomic E-state index is 13.0. The number of nitrogens with zero attached hydrogens (tertiary/aromatic N) is 4. The van der Waals surface area contributed by atoms with E-state index in [-0.39, 0.29) is 12.5 Å². The van der Waals surface area contributed by atoms with Gasteiger partial charge >= 0.3 is 6.18 Å². The monoisotopic (exact) mass is 548 g/mol. The molecule has 3 aromatic rings. The maximum atomic E-state index is 13.0.